The summed E-state index contributed by atoms with van der Waals surface area (Å²) in [4.78, 5) is 0. The van der Waals surface area contributed by atoms with Crippen molar-refractivity contribution in [2.75, 3.05) is 0 Å². The molecule has 2 nitrogen and oxygen atoms in total. The Kier molecular flexibility index (Phi) is 2.35. The molecule has 0 aliphatic carbocycles. The van der Waals surface area contributed by atoms with Gasteiger partial charge < -0.3 is 9.15 Å². The predicted octanol–water partition coefficient (Wildman–Crippen LogP) is 4.65. The molecule has 0 saturated heterocycles. The number of fused-ring (bicyclic) bond motifs is 3. The van der Waals surface area contributed by atoms with Crippen LogP contribution < -0.4 is 4.74 Å². The van der Waals surface area contributed by atoms with Gasteiger partial charge in [0.05, 0.1) is 5.56 Å². The van der Waals surface area contributed by atoms with E-state index in [9.17, 15) is 0 Å². The zero-order valence-corrected chi connectivity index (χ0v) is 11.4. The Morgan fingerprint density at radius 2 is 2.00 bits per heavy atom. The largest absolute Gasteiger partial charge is 0.483 e. The molecule has 0 fully saturated rings. The minimum Gasteiger partial charge on any atom is -0.483 e. The quantitative estimate of drug-likeness (QED) is 0.642. The second-order valence-electron chi connectivity index (χ2n) is 5.14. The lowest BCUT2D eigenvalue weighted by Crippen LogP contribution is -2.27. The average Bonchev–Trinajstić information content (AvgIpc) is 2.26. The van der Waals surface area contributed by atoms with Gasteiger partial charge in [-0.15, -0.1) is 0 Å². The zero-order valence-electron chi connectivity index (χ0n) is 10.6. The Morgan fingerprint density at radius 1 is 1.22 bits per heavy atom. The van der Waals surface area contributed by atoms with Gasteiger partial charge in [0, 0.05) is 5.39 Å². The first kappa shape index (κ1) is 11.5. The van der Waals surface area contributed by atoms with Crippen LogP contribution in [0.3, 0.4) is 0 Å². The fourth-order valence-corrected chi connectivity index (χ4v) is 2.49. The maximum Gasteiger partial charge on any atom is 0.191 e. The lowest BCUT2D eigenvalue weighted by Gasteiger charge is -2.28. The van der Waals surface area contributed by atoms with E-state index >= 15 is 0 Å². The van der Waals surface area contributed by atoms with E-state index in [1.165, 1.54) is 0 Å². The van der Waals surface area contributed by atoms with Gasteiger partial charge in [-0.3, -0.25) is 0 Å². The van der Waals surface area contributed by atoms with Crippen molar-refractivity contribution in [3.8, 4) is 5.75 Å². The molecule has 2 heterocycles. The first-order valence-corrected chi connectivity index (χ1v) is 6.33. The third kappa shape index (κ3) is 1.75. The molecule has 0 N–H and O–H groups in total. The van der Waals surface area contributed by atoms with Gasteiger partial charge in [-0.1, -0.05) is 0 Å². The van der Waals surface area contributed by atoms with E-state index in [2.05, 4.69) is 6.08 Å². The summed E-state index contributed by atoms with van der Waals surface area (Å²) in [5.74, 6) is 0.846. The average molecular weight is 258 g/mol. The van der Waals surface area contributed by atoms with Gasteiger partial charge in [0.25, 0.3) is 0 Å². The van der Waals surface area contributed by atoms with Crippen molar-refractivity contribution in [3.05, 3.63) is 40.1 Å². The highest BCUT2D eigenvalue weighted by atomic mass is 32.1. The van der Waals surface area contributed by atoms with Gasteiger partial charge >= 0.3 is 0 Å². The number of benzene rings is 1. The number of aryl methyl sites for hydroxylation is 1. The number of ether oxygens (including phenoxy) is 1. The van der Waals surface area contributed by atoms with Crippen molar-refractivity contribution in [2.24, 2.45) is 0 Å². The molecule has 1 aromatic carbocycles. The molecule has 0 radical (unpaired) electrons. The maximum atomic E-state index is 5.93. The Bertz CT molecular complexity index is 723. The van der Waals surface area contributed by atoms with E-state index in [0.717, 1.165) is 27.8 Å². The molecule has 3 rings (SSSR count). The van der Waals surface area contributed by atoms with Crippen LogP contribution in [0.2, 0.25) is 0 Å². The van der Waals surface area contributed by atoms with Crippen LogP contribution in [0.25, 0.3) is 17.0 Å². The van der Waals surface area contributed by atoms with Crippen LogP contribution in [-0.2, 0) is 0 Å². The second-order valence-corrected chi connectivity index (χ2v) is 5.54. The summed E-state index contributed by atoms with van der Waals surface area (Å²) >= 11 is 5.15. The summed E-state index contributed by atoms with van der Waals surface area (Å²) in [5.41, 5.74) is 2.63. The molecule has 1 aliphatic heterocycles. The van der Waals surface area contributed by atoms with Crippen LogP contribution in [0.5, 0.6) is 5.75 Å². The maximum absolute atomic E-state index is 5.93. The van der Waals surface area contributed by atoms with Crippen molar-refractivity contribution in [2.45, 2.75) is 26.4 Å². The van der Waals surface area contributed by atoms with Crippen LogP contribution in [-0.4, -0.2) is 5.60 Å². The van der Waals surface area contributed by atoms with E-state index in [1.807, 2.05) is 45.0 Å². The van der Waals surface area contributed by atoms with E-state index in [-0.39, 0.29) is 5.60 Å². The van der Waals surface area contributed by atoms with Gasteiger partial charge in [0.15, 0.2) is 4.71 Å². The monoisotopic (exact) mass is 258 g/mol. The van der Waals surface area contributed by atoms with Crippen LogP contribution in [0.15, 0.2) is 28.7 Å². The summed E-state index contributed by atoms with van der Waals surface area (Å²) in [6, 6.07) is 5.90. The molecular weight excluding hydrogens is 244 g/mol. The molecule has 0 atom stereocenters. The molecule has 2 aromatic rings. The fourth-order valence-electron chi connectivity index (χ4n) is 2.23. The lowest BCUT2D eigenvalue weighted by molar-refractivity contribution is 0.159. The summed E-state index contributed by atoms with van der Waals surface area (Å²) < 4.78 is 12.1. The first-order valence-electron chi connectivity index (χ1n) is 5.92. The van der Waals surface area contributed by atoms with Crippen LogP contribution in [0.1, 0.15) is 25.0 Å². The fraction of sp³-hybridized carbons (Fsp3) is 0.267. The molecule has 3 heteroatoms. The van der Waals surface area contributed by atoms with Crippen molar-refractivity contribution in [1.82, 2.24) is 0 Å². The van der Waals surface area contributed by atoms with Gasteiger partial charge in [-0.2, -0.15) is 0 Å². The number of hydrogen-bond acceptors (Lipinski definition) is 3. The molecule has 0 unspecified atom stereocenters. The summed E-state index contributed by atoms with van der Waals surface area (Å²) in [6.45, 7) is 6.10. The van der Waals surface area contributed by atoms with Gasteiger partial charge in [0.2, 0.25) is 0 Å². The molecule has 1 aromatic heterocycles. The van der Waals surface area contributed by atoms with Gasteiger partial charge in [-0.05, 0) is 68.9 Å². The second kappa shape index (κ2) is 3.69. The smallest absolute Gasteiger partial charge is 0.191 e. The van der Waals surface area contributed by atoms with Crippen molar-refractivity contribution in [1.29, 1.82) is 0 Å². The Balaban J connectivity index is 2.37. The van der Waals surface area contributed by atoms with E-state index in [0.29, 0.717) is 4.71 Å². The Labute approximate surface area is 111 Å². The van der Waals surface area contributed by atoms with Crippen molar-refractivity contribution in [3.63, 3.8) is 0 Å². The molecule has 1 aliphatic rings. The highest BCUT2D eigenvalue weighted by Crippen LogP contribution is 2.36. The van der Waals surface area contributed by atoms with E-state index < -0.39 is 0 Å². The zero-order chi connectivity index (χ0) is 12.9. The number of rotatable bonds is 0. The molecule has 92 valence electrons. The topological polar surface area (TPSA) is 22.4 Å². The lowest BCUT2D eigenvalue weighted by atomic mass is 9.99. The van der Waals surface area contributed by atoms with Crippen LogP contribution >= 0.6 is 12.2 Å². The molecule has 0 amide bonds. The third-order valence-electron chi connectivity index (χ3n) is 3.14. The highest BCUT2D eigenvalue weighted by Gasteiger charge is 2.23. The first-order chi connectivity index (χ1) is 8.46. The third-order valence-corrected chi connectivity index (χ3v) is 3.34. The summed E-state index contributed by atoms with van der Waals surface area (Å²) in [6.07, 6.45) is 4.09. The SMILES string of the molecule is Cc1cc(=S)oc2c3c(ccc12)OC(C)(C)C=C3. The molecule has 18 heavy (non-hydrogen) atoms. The minimum atomic E-state index is -0.276. The Hall–Kier alpha value is -1.61. The highest BCUT2D eigenvalue weighted by molar-refractivity contribution is 7.71. The summed E-state index contributed by atoms with van der Waals surface area (Å²) in [7, 11) is 0. The van der Waals surface area contributed by atoms with Gasteiger partial charge in [-0.25, -0.2) is 0 Å². The summed E-state index contributed by atoms with van der Waals surface area (Å²) in [5, 5.41) is 1.08. The van der Waals surface area contributed by atoms with E-state index in [4.69, 9.17) is 21.4 Å². The molecule has 0 bridgehead atoms. The standard InChI is InChI=1S/C15H14O2S/c1-9-8-13(18)16-14-10(9)4-5-12-11(14)6-7-15(2,3)17-12/h4-8H,1-3H3. The predicted molar refractivity (Wildman–Crippen MR) is 75.5 cm³/mol. The van der Waals surface area contributed by atoms with Crippen LogP contribution in [0.4, 0.5) is 0 Å². The van der Waals surface area contributed by atoms with Crippen molar-refractivity contribution >= 4 is 29.3 Å². The molecule has 0 spiro atoms. The molecular formula is C15H14O2S. The van der Waals surface area contributed by atoms with Crippen molar-refractivity contribution < 1.29 is 9.15 Å². The number of hydrogen-bond donors (Lipinski definition) is 0. The normalized spacial score (nSPS) is 16.4. The van der Waals surface area contributed by atoms with Gasteiger partial charge in [0.1, 0.15) is 16.9 Å². The minimum absolute atomic E-state index is 0.276. The van der Waals surface area contributed by atoms with E-state index in [1.54, 1.807) is 0 Å². The Morgan fingerprint density at radius 3 is 2.78 bits per heavy atom. The van der Waals surface area contributed by atoms with Crippen LogP contribution in [0, 0.1) is 11.6 Å². The molecule has 0 saturated carbocycles.